The molecule has 0 unspecified atom stereocenters. The molecule has 0 bridgehead atoms. The van der Waals surface area contributed by atoms with Gasteiger partial charge in [0.2, 0.25) is 15.9 Å². The third-order valence-corrected chi connectivity index (χ3v) is 7.79. The molecule has 1 aliphatic rings. The average Bonchev–Trinajstić information content (AvgIpc) is 2.69. The lowest BCUT2D eigenvalue weighted by Crippen LogP contribution is -2.43. The fraction of sp³-hybridized carbons (Fsp3) is 0.458. The minimum atomic E-state index is -3.37. The molecule has 5 nitrogen and oxygen atoms in total. The van der Waals surface area contributed by atoms with E-state index in [1.807, 2.05) is 38.1 Å². The fourth-order valence-corrected chi connectivity index (χ4v) is 5.67. The van der Waals surface area contributed by atoms with E-state index in [-0.39, 0.29) is 23.6 Å². The Morgan fingerprint density at radius 1 is 1.03 bits per heavy atom. The van der Waals surface area contributed by atoms with E-state index in [0.717, 1.165) is 16.7 Å². The number of nitrogens with one attached hydrogen (secondary N) is 1. The number of amides is 1. The molecule has 1 N–H and O–H groups in total. The number of rotatable bonds is 6. The van der Waals surface area contributed by atoms with Gasteiger partial charge in [-0.25, -0.2) is 12.7 Å². The molecule has 0 spiro atoms. The maximum Gasteiger partial charge on any atom is 0.223 e. The highest BCUT2D eigenvalue weighted by Crippen LogP contribution is 2.24. The van der Waals surface area contributed by atoms with Crippen LogP contribution in [0.3, 0.4) is 0 Å². The second-order valence-electron chi connectivity index (χ2n) is 8.51. The summed E-state index contributed by atoms with van der Waals surface area (Å²) < 4.78 is 27.1. The normalized spacial score (nSPS) is 16.9. The van der Waals surface area contributed by atoms with E-state index in [2.05, 4.69) is 37.4 Å². The van der Waals surface area contributed by atoms with Crippen LogP contribution < -0.4 is 5.32 Å². The second-order valence-corrected chi connectivity index (χ2v) is 10.5. The molecular formula is C24H32N2O3S. The lowest BCUT2D eigenvalue weighted by atomic mass is 9.95. The molecule has 1 amide bonds. The van der Waals surface area contributed by atoms with E-state index in [9.17, 15) is 13.2 Å². The molecular weight excluding hydrogens is 396 g/mol. The zero-order chi connectivity index (χ0) is 21.9. The van der Waals surface area contributed by atoms with E-state index in [4.69, 9.17) is 0 Å². The minimum Gasteiger partial charge on any atom is -0.349 e. The van der Waals surface area contributed by atoms with Crippen molar-refractivity contribution in [3.8, 4) is 0 Å². The Labute approximate surface area is 180 Å². The van der Waals surface area contributed by atoms with Crippen LogP contribution in [-0.4, -0.2) is 31.7 Å². The van der Waals surface area contributed by atoms with Gasteiger partial charge in [0.15, 0.2) is 0 Å². The summed E-state index contributed by atoms with van der Waals surface area (Å²) in [6.45, 7) is 8.88. The van der Waals surface area contributed by atoms with E-state index < -0.39 is 10.0 Å². The van der Waals surface area contributed by atoms with Gasteiger partial charge < -0.3 is 5.32 Å². The lowest BCUT2D eigenvalue weighted by molar-refractivity contribution is -0.126. The SMILES string of the molecule is Cc1ccc(CS(=O)(=O)N2CCC(C(=O)N[C@H](C)c3ccc(C)cc3C)CC2)cc1. The molecule has 6 heteroatoms. The Morgan fingerprint density at radius 3 is 2.23 bits per heavy atom. The van der Waals surface area contributed by atoms with Gasteiger partial charge in [-0.15, -0.1) is 0 Å². The second kappa shape index (κ2) is 9.31. The maximum atomic E-state index is 12.8. The Kier molecular flexibility index (Phi) is 6.98. The molecule has 0 aliphatic carbocycles. The number of sulfonamides is 1. The zero-order valence-electron chi connectivity index (χ0n) is 18.3. The van der Waals surface area contributed by atoms with Crippen molar-refractivity contribution >= 4 is 15.9 Å². The molecule has 0 saturated carbocycles. The number of piperidine rings is 1. The third kappa shape index (κ3) is 5.49. The van der Waals surface area contributed by atoms with Crippen molar-refractivity contribution in [2.45, 2.75) is 52.3 Å². The first-order valence-electron chi connectivity index (χ1n) is 10.6. The molecule has 162 valence electrons. The van der Waals surface area contributed by atoms with Crippen molar-refractivity contribution in [1.82, 2.24) is 9.62 Å². The molecule has 1 aliphatic heterocycles. The Hall–Kier alpha value is -2.18. The van der Waals surface area contributed by atoms with Crippen LogP contribution in [0, 0.1) is 26.7 Å². The summed E-state index contributed by atoms with van der Waals surface area (Å²) in [5.41, 5.74) is 5.39. The number of benzene rings is 2. The molecule has 1 fully saturated rings. The summed E-state index contributed by atoms with van der Waals surface area (Å²) in [6.07, 6.45) is 1.11. The largest absolute Gasteiger partial charge is 0.349 e. The summed E-state index contributed by atoms with van der Waals surface area (Å²) in [6, 6.07) is 13.8. The molecule has 3 rings (SSSR count). The number of hydrogen-bond acceptors (Lipinski definition) is 3. The minimum absolute atomic E-state index is 0.00782. The molecule has 1 saturated heterocycles. The van der Waals surface area contributed by atoms with Crippen molar-refractivity contribution in [3.05, 3.63) is 70.3 Å². The van der Waals surface area contributed by atoms with Gasteiger partial charge in [0.25, 0.3) is 0 Å². The van der Waals surface area contributed by atoms with Crippen LogP contribution in [-0.2, 0) is 20.6 Å². The Balaban J connectivity index is 1.55. The summed E-state index contributed by atoms with van der Waals surface area (Å²) in [4.78, 5) is 12.8. The van der Waals surface area contributed by atoms with E-state index in [1.165, 1.54) is 15.4 Å². The zero-order valence-corrected chi connectivity index (χ0v) is 19.1. The maximum absolute atomic E-state index is 12.8. The summed E-state index contributed by atoms with van der Waals surface area (Å²) in [5, 5.41) is 3.12. The summed E-state index contributed by atoms with van der Waals surface area (Å²) in [5.74, 6) is -0.129. The van der Waals surface area contributed by atoms with Gasteiger partial charge in [0.1, 0.15) is 0 Å². The van der Waals surface area contributed by atoms with Gasteiger partial charge in [-0.2, -0.15) is 0 Å². The van der Waals surface area contributed by atoms with Crippen LogP contribution in [0.25, 0.3) is 0 Å². The predicted molar refractivity (Wildman–Crippen MR) is 121 cm³/mol. The molecule has 2 aromatic carbocycles. The van der Waals surface area contributed by atoms with Gasteiger partial charge >= 0.3 is 0 Å². The average molecular weight is 429 g/mol. The van der Waals surface area contributed by atoms with Crippen LogP contribution in [0.4, 0.5) is 0 Å². The van der Waals surface area contributed by atoms with Crippen molar-refractivity contribution in [3.63, 3.8) is 0 Å². The summed E-state index contributed by atoms with van der Waals surface area (Å²) >= 11 is 0. The fourth-order valence-electron chi connectivity index (χ4n) is 4.10. The Morgan fingerprint density at radius 2 is 1.63 bits per heavy atom. The highest BCUT2D eigenvalue weighted by Gasteiger charge is 2.31. The van der Waals surface area contributed by atoms with E-state index in [1.54, 1.807) is 0 Å². The van der Waals surface area contributed by atoms with Gasteiger partial charge in [0, 0.05) is 19.0 Å². The Bertz CT molecular complexity index is 992. The summed E-state index contributed by atoms with van der Waals surface area (Å²) in [7, 11) is -3.37. The van der Waals surface area contributed by atoms with E-state index >= 15 is 0 Å². The number of hydrogen-bond donors (Lipinski definition) is 1. The van der Waals surface area contributed by atoms with Crippen molar-refractivity contribution in [1.29, 1.82) is 0 Å². The van der Waals surface area contributed by atoms with Gasteiger partial charge in [0.05, 0.1) is 11.8 Å². The third-order valence-electron chi connectivity index (χ3n) is 5.94. The highest BCUT2D eigenvalue weighted by atomic mass is 32.2. The predicted octanol–water partition coefficient (Wildman–Crippen LogP) is 4.03. The molecule has 1 heterocycles. The smallest absolute Gasteiger partial charge is 0.223 e. The number of carbonyl (C=O) groups excluding carboxylic acids is 1. The lowest BCUT2D eigenvalue weighted by Gasteiger charge is -2.31. The topological polar surface area (TPSA) is 66.5 Å². The first kappa shape index (κ1) is 22.5. The quantitative estimate of drug-likeness (QED) is 0.755. The van der Waals surface area contributed by atoms with Crippen LogP contribution in [0.5, 0.6) is 0 Å². The van der Waals surface area contributed by atoms with Crippen molar-refractivity contribution < 1.29 is 13.2 Å². The van der Waals surface area contributed by atoms with Crippen LogP contribution in [0.2, 0.25) is 0 Å². The molecule has 30 heavy (non-hydrogen) atoms. The molecule has 1 atom stereocenters. The van der Waals surface area contributed by atoms with Crippen LogP contribution in [0.1, 0.15) is 53.6 Å². The van der Waals surface area contributed by atoms with Crippen molar-refractivity contribution in [2.24, 2.45) is 5.92 Å². The monoisotopic (exact) mass is 428 g/mol. The number of carbonyl (C=O) groups is 1. The standard InChI is InChI=1S/C24H32N2O3S/c1-17-5-8-21(9-6-17)16-30(28,29)26-13-11-22(12-14-26)24(27)25-20(4)23-10-7-18(2)15-19(23)3/h5-10,15,20,22H,11-14,16H2,1-4H3,(H,25,27)/t20-/m1/s1. The van der Waals surface area contributed by atoms with Gasteiger partial charge in [-0.3, -0.25) is 4.79 Å². The van der Waals surface area contributed by atoms with Crippen LogP contribution >= 0.6 is 0 Å². The van der Waals surface area contributed by atoms with Crippen LogP contribution in [0.15, 0.2) is 42.5 Å². The van der Waals surface area contributed by atoms with Gasteiger partial charge in [-0.05, 0) is 57.2 Å². The van der Waals surface area contributed by atoms with Crippen molar-refractivity contribution in [2.75, 3.05) is 13.1 Å². The molecule has 2 aromatic rings. The number of nitrogens with zero attached hydrogens (tertiary/aromatic N) is 1. The molecule has 0 aromatic heterocycles. The van der Waals surface area contributed by atoms with Gasteiger partial charge in [-0.1, -0.05) is 53.6 Å². The first-order chi connectivity index (χ1) is 14.2. The first-order valence-corrected chi connectivity index (χ1v) is 12.2. The molecule has 0 radical (unpaired) electrons. The number of aryl methyl sites for hydroxylation is 3. The highest BCUT2D eigenvalue weighted by molar-refractivity contribution is 7.88. The van der Waals surface area contributed by atoms with E-state index in [0.29, 0.717) is 25.9 Å².